The Balaban J connectivity index is 0.00000225. The third-order valence-corrected chi connectivity index (χ3v) is 5.33. The van der Waals surface area contributed by atoms with Gasteiger partial charge in [-0.05, 0) is 36.2 Å². The molecule has 7 heteroatoms. The van der Waals surface area contributed by atoms with Crippen molar-refractivity contribution in [1.82, 2.24) is 9.97 Å². The lowest BCUT2D eigenvalue weighted by Gasteiger charge is -2.08. The number of aromatic nitrogens is 2. The molecule has 0 aliphatic rings. The molecule has 146 valence electrons. The summed E-state index contributed by atoms with van der Waals surface area (Å²) in [5.74, 6) is 1.57. The first-order valence-corrected chi connectivity index (χ1v) is 9.63. The minimum Gasteiger partial charge on any atom is -0.497 e. The SMILES string of the molecule is Br.COc1ccc(OC)c(-c2csc(NCCc3c[nH]c4ccccc34)n2)c1. The topological polar surface area (TPSA) is 59.2 Å². The Morgan fingerprint density at radius 3 is 2.79 bits per heavy atom. The van der Waals surface area contributed by atoms with Crippen molar-refractivity contribution in [2.75, 3.05) is 26.1 Å². The molecule has 2 aromatic carbocycles. The maximum atomic E-state index is 5.46. The van der Waals surface area contributed by atoms with E-state index < -0.39 is 0 Å². The molecule has 0 saturated heterocycles. The minimum atomic E-state index is 0. The molecule has 0 spiro atoms. The van der Waals surface area contributed by atoms with Crippen molar-refractivity contribution >= 4 is 44.4 Å². The average Bonchev–Trinajstić information content (AvgIpc) is 3.35. The van der Waals surface area contributed by atoms with Gasteiger partial charge in [0, 0.05) is 34.6 Å². The summed E-state index contributed by atoms with van der Waals surface area (Å²) in [6.45, 7) is 0.823. The fourth-order valence-corrected chi connectivity index (χ4v) is 3.87. The number of nitrogens with one attached hydrogen (secondary N) is 2. The lowest BCUT2D eigenvalue weighted by atomic mass is 10.1. The number of nitrogens with zero attached hydrogens (tertiary/aromatic N) is 1. The smallest absolute Gasteiger partial charge is 0.183 e. The number of para-hydroxylation sites is 1. The van der Waals surface area contributed by atoms with Crippen LogP contribution in [-0.4, -0.2) is 30.7 Å². The molecule has 0 bridgehead atoms. The number of ether oxygens (including phenoxy) is 2. The second kappa shape index (κ2) is 9.12. The standard InChI is InChI=1S/C21H21N3O2S.BrH/c1-25-15-7-8-20(26-2)17(11-15)19-13-27-21(24-19)22-10-9-14-12-23-18-6-4-3-5-16(14)18;/h3-8,11-13,23H,9-10H2,1-2H3,(H,22,24);1H. The molecule has 2 aromatic heterocycles. The summed E-state index contributed by atoms with van der Waals surface area (Å²) in [5.41, 5.74) is 4.29. The number of rotatable bonds is 7. The third-order valence-electron chi connectivity index (χ3n) is 4.53. The van der Waals surface area contributed by atoms with Crippen LogP contribution < -0.4 is 14.8 Å². The Bertz CT molecular complexity index is 1060. The first kappa shape index (κ1) is 20.2. The molecule has 28 heavy (non-hydrogen) atoms. The quantitative estimate of drug-likeness (QED) is 0.380. The second-order valence-electron chi connectivity index (χ2n) is 6.14. The highest BCUT2D eigenvalue weighted by Gasteiger charge is 2.12. The van der Waals surface area contributed by atoms with Gasteiger partial charge in [0.05, 0.1) is 19.9 Å². The minimum absolute atomic E-state index is 0. The first-order valence-electron chi connectivity index (χ1n) is 8.75. The fourth-order valence-electron chi connectivity index (χ4n) is 3.14. The lowest BCUT2D eigenvalue weighted by Crippen LogP contribution is -2.04. The number of H-pyrrole nitrogens is 1. The van der Waals surface area contributed by atoms with Gasteiger partial charge in [-0.2, -0.15) is 0 Å². The van der Waals surface area contributed by atoms with Gasteiger partial charge in [0.2, 0.25) is 0 Å². The van der Waals surface area contributed by atoms with Gasteiger partial charge >= 0.3 is 0 Å². The van der Waals surface area contributed by atoms with Crippen molar-refractivity contribution < 1.29 is 9.47 Å². The van der Waals surface area contributed by atoms with Crippen molar-refractivity contribution in [3.8, 4) is 22.8 Å². The van der Waals surface area contributed by atoms with Gasteiger partial charge in [-0.15, -0.1) is 28.3 Å². The van der Waals surface area contributed by atoms with Crippen LogP contribution in [0.4, 0.5) is 5.13 Å². The molecular weight excluding hydrogens is 438 g/mol. The molecule has 4 rings (SSSR count). The van der Waals surface area contributed by atoms with Crippen LogP contribution in [-0.2, 0) is 6.42 Å². The fraction of sp³-hybridized carbons (Fsp3) is 0.190. The zero-order valence-corrected chi connectivity index (χ0v) is 18.2. The highest BCUT2D eigenvalue weighted by molar-refractivity contribution is 8.93. The van der Waals surface area contributed by atoms with Crippen molar-refractivity contribution in [3.63, 3.8) is 0 Å². The van der Waals surface area contributed by atoms with Crippen LogP contribution >= 0.6 is 28.3 Å². The van der Waals surface area contributed by atoms with E-state index in [1.807, 2.05) is 29.6 Å². The molecule has 0 radical (unpaired) electrons. The van der Waals surface area contributed by atoms with Gasteiger partial charge in [-0.3, -0.25) is 0 Å². The molecule has 0 atom stereocenters. The number of benzene rings is 2. The van der Waals surface area contributed by atoms with Gasteiger partial charge in [-0.25, -0.2) is 4.98 Å². The van der Waals surface area contributed by atoms with Gasteiger partial charge in [-0.1, -0.05) is 18.2 Å². The van der Waals surface area contributed by atoms with Gasteiger partial charge in [0.15, 0.2) is 5.13 Å². The van der Waals surface area contributed by atoms with Crippen molar-refractivity contribution in [1.29, 1.82) is 0 Å². The van der Waals surface area contributed by atoms with Crippen LogP contribution in [0.3, 0.4) is 0 Å². The number of hydrogen-bond donors (Lipinski definition) is 2. The summed E-state index contributed by atoms with van der Waals surface area (Å²) in [6, 6.07) is 14.1. The zero-order valence-electron chi connectivity index (χ0n) is 15.7. The Hall–Kier alpha value is -2.51. The van der Waals surface area contributed by atoms with Crippen LogP contribution in [0.5, 0.6) is 11.5 Å². The molecular formula is C21H22BrN3O2S. The summed E-state index contributed by atoms with van der Waals surface area (Å²) in [4.78, 5) is 8.03. The Morgan fingerprint density at radius 2 is 1.96 bits per heavy atom. The number of methoxy groups -OCH3 is 2. The van der Waals surface area contributed by atoms with Crippen molar-refractivity contribution in [2.45, 2.75) is 6.42 Å². The summed E-state index contributed by atoms with van der Waals surface area (Å²) in [5, 5.41) is 7.63. The zero-order chi connectivity index (χ0) is 18.6. The monoisotopic (exact) mass is 459 g/mol. The normalized spacial score (nSPS) is 10.5. The second-order valence-corrected chi connectivity index (χ2v) is 7.00. The van der Waals surface area contributed by atoms with Crippen LogP contribution in [0.1, 0.15) is 5.56 Å². The molecule has 0 fully saturated rings. The third kappa shape index (κ3) is 4.15. The van der Waals surface area contributed by atoms with Crippen LogP contribution in [0.2, 0.25) is 0 Å². The molecule has 0 aliphatic carbocycles. The number of hydrogen-bond acceptors (Lipinski definition) is 5. The summed E-state index contributed by atoms with van der Waals surface area (Å²) >= 11 is 1.59. The Morgan fingerprint density at radius 1 is 1.11 bits per heavy atom. The van der Waals surface area contributed by atoms with Gasteiger partial charge in [0.25, 0.3) is 0 Å². The van der Waals surface area contributed by atoms with E-state index in [2.05, 4.69) is 34.7 Å². The molecule has 0 aliphatic heterocycles. The summed E-state index contributed by atoms with van der Waals surface area (Å²) < 4.78 is 10.8. The molecule has 0 saturated carbocycles. The number of anilines is 1. The molecule has 0 unspecified atom stereocenters. The van der Waals surface area contributed by atoms with E-state index in [0.29, 0.717) is 0 Å². The van der Waals surface area contributed by atoms with E-state index in [4.69, 9.17) is 14.5 Å². The molecule has 5 nitrogen and oxygen atoms in total. The molecule has 2 heterocycles. The molecule has 0 amide bonds. The van der Waals surface area contributed by atoms with Crippen molar-refractivity contribution in [3.05, 3.63) is 59.6 Å². The Kier molecular flexibility index (Phi) is 6.59. The summed E-state index contributed by atoms with van der Waals surface area (Å²) in [6.07, 6.45) is 3.02. The number of aromatic amines is 1. The number of fused-ring (bicyclic) bond motifs is 1. The highest BCUT2D eigenvalue weighted by atomic mass is 79.9. The van der Waals surface area contributed by atoms with E-state index in [0.717, 1.165) is 40.9 Å². The van der Waals surface area contributed by atoms with Crippen LogP contribution in [0.15, 0.2) is 54.0 Å². The van der Waals surface area contributed by atoms with Gasteiger partial charge < -0.3 is 19.8 Å². The Labute approximate surface area is 178 Å². The first-order chi connectivity index (χ1) is 13.3. The van der Waals surface area contributed by atoms with E-state index in [1.54, 1.807) is 25.6 Å². The largest absolute Gasteiger partial charge is 0.497 e. The molecule has 4 aromatic rings. The van der Waals surface area contributed by atoms with Crippen molar-refractivity contribution in [2.24, 2.45) is 0 Å². The maximum Gasteiger partial charge on any atom is 0.183 e. The van der Waals surface area contributed by atoms with E-state index in [1.165, 1.54) is 16.5 Å². The maximum absolute atomic E-state index is 5.46. The van der Waals surface area contributed by atoms with Gasteiger partial charge in [0.1, 0.15) is 11.5 Å². The predicted molar refractivity (Wildman–Crippen MR) is 121 cm³/mol. The number of halogens is 1. The van der Waals surface area contributed by atoms with Crippen LogP contribution in [0, 0.1) is 0 Å². The highest BCUT2D eigenvalue weighted by Crippen LogP contribution is 2.35. The predicted octanol–water partition coefficient (Wildman–Crippen LogP) is 5.54. The van der Waals surface area contributed by atoms with Crippen LogP contribution in [0.25, 0.3) is 22.2 Å². The van der Waals surface area contributed by atoms with E-state index >= 15 is 0 Å². The number of thiazole rings is 1. The summed E-state index contributed by atoms with van der Waals surface area (Å²) in [7, 11) is 3.32. The van der Waals surface area contributed by atoms with E-state index in [-0.39, 0.29) is 17.0 Å². The molecule has 2 N–H and O–H groups in total. The average molecular weight is 460 g/mol. The lowest BCUT2D eigenvalue weighted by molar-refractivity contribution is 0.404. The van der Waals surface area contributed by atoms with E-state index in [9.17, 15) is 0 Å².